The summed E-state index contributed by atoms with van der Waals surface area (Å²) >= 11 is 4.06. The highest BCUT2D eigenvalue weighted by molar-refractivity contribution is 7.80. The number of thiol groups is 1. The van der Waals surface area contributed by atoms with Crippen molar-refractivity contribution < 1.29 is 4.79 Å². The van der Waals surface area contributed by atoms with Crippen molar-refractivity contribution in [3.63, 3.8) is 0 Å². The largest absolute Gasteiger partial charge is 0.356 e. The molecule has 0 saturated carbocycles. The quantitative estimate of drug-likeness (QED) is 0.710. The predicted molar refractivity (Wildman–Crippen MR) is 66.2 cm³/mol. The normalized spacial score (nSPS) is 9.93. The highest BCUT2D eigenvalue weighted by Crippen LogP contribution is 1.98. The molecule has 0 radical (unpaired) electrons. The van der Waals surface area contributed by atoms with Gasteiger partial charge >= 0.3 is 0 Å². The van der Waals surface area contributed by atoms with Gasteiger partial charge in [0.05, 0.1) is 0 Å². The summed E-state index contributed by atoms with van der Waals surface area (Å²) in [5, 5.41) is 2.89. The number of carbonyl (C=O) groups is 1. The van der Waals surface area contributed by atoms with Gasteiger partial charge < -0.3 is 5.32 Å². The molecule has 0 spiro atoms. The molecule has 0 atom stereocenters. The van der Waals surface area contributed by atoms with Crippen LogP contribution in [-0.2, 0) is 11.2 Å². The first kappa shape index (κ1) is 12.1. The fraction of sp³-hybridized carbons (Fsp3) is 0.417. The van der Waals surface area contributed by atoms with E-state index in [1.807, 2.05) is 18.2 Å². The van der Waals surface area contributed by atoms with E-state index in [9.17, 15) is 4.79 Å². The van der Waals surface area contributed by atoms with Gasteiger partial charge in [-0.2, -0.15) is 12.6 Å². The molecule has 0 aliphatic rings. The zero-order valence-electron chi connectivity index (χ0n) is 8.78. The molecule has 0 saturated heterocycles. The molecule has 0 aromatic heterocycles. The van der Waals surface area contributed by atoms with Crippen LogP contribution in [0, 0.1) is 0 Å². The van der Waals surface area contributed by atoms with Gasteiger partial charge in [0.2, 0.25) is 5.91 Å². The summed E-state index contributed by atoms with van der Waals surface area (Å²) in [6.07, 6.45) is 2.33. The van der Waals surface area contributed by atoms with Crippen LogP contribution in [0.3, 0.4) is 0 Å². The zero-order chi connectivity index (χ0) is 10.9. The molecule has 2 nitrogen and oxygen atoms in total. The predicted octanol–water partition coefficient (Wildman–Crippen LogP) is 2.06. The molecule has 0 aliphatic carbocycles. The SMILES string of the molecule is O=C(CCCS)NCCc1ccccc1. The topological polar surface area (TPSA) is 29.1 Å². The third-order valence-electron chi connectivity index (χ3n) is 2.14. The second-order valence-corrected chi connectivity index (χ2v) is 3.86. The van der Waals surface area contributed by atoms with E-state index in [0.29, 0.717) is 6.42 Å². The molecule has 15 heavy (non-hydrogen) atoms. The summed E-state index contributed by atoms with van der Waals surface area (Å²) in [4.78, 5) is 11.2. The Balaban J connectivity index is 2.14. The maximum atomic E-state index is 11.2. The lowest BCUT2D eigenvalue weighted by Crippen LogP contribution is -2.25. The van der Waals surface area contributed by atoms with Gasteiger partial charge in [-0.3, -0.25) is 4.79 Å². The fourth-order valence-electron chi connectivity index (χ4n) is 1.32. The minimum atomic E-state index is 0.125. The van der Waals surface area contributed by atoms with Crippen molar-refractivity contribution in [1.29, 1.82) is 0 Å². The van der Waals surface area contributed by atoms with Crippen LogP contribution >= 0.6 is 12.6 Å². The molecule has 0 unspecified atom stereocenters. The Morgan fingerprint density at radius 1 is 1.27 bits per heavy atom. The van der Waals surface area contributed by atoms with Crippen molar-refractivity contribution in [2.45, 2.75) is 19.3 Å². The molecular formula is C12H17NOS. The molecule has 1 aromatic carbocycles. The van der Waals surface area contributed by atoms with Gasteiger partial charge in [-0.1, -0.05) is 30.3 Å². The zero-order valence-corrected chi connectivity index (χ0v) is 9.67. The molecule has 1 amide bonds. The molecule has 0 heterocycles. The van der Waals surface area contributed by atoms with E-state index in [2.05, 4.69) is 30.1 Å². The standard InChI is InChI=1S/C12H17NOS/c14-12(7-4-10-15)13-9-8-11-5-2-1-3-6-11/h1-3,5-6,15H,4,7-10H2,(H,13,14). The van der Waals surface area contributed by atoms with E-state index in [1.165, 1.54) is 5.56 Å². The molecule has 0 bridgehead atoms. The van der Waals surface area contributed by atoms with E-state index in [0.717, 1.165) is 25.1 Å². The Bertz CT molecular complexity index is 287. The summed E-state index contributed by atoms with van der Waals surface area (Å²) in [7, 11) is 0. The Kier molecular flexibility index (Phi) is 5.93. The van der Waals surface area contributed by atoms with Crippen LogP contribution in [0.4, 0.5) is 0 Å². The van der Waals surface area contributed by atoms with Gasteiger partial charge in [0, 0.05) is 13.0 Å². The second-order valence-electron chi connectivity index (χ2n) is 3.41. The highest BCUT2D eigenvalue weighted by Gasteiger charge is 1.99. The number of amides is 1. The van der Waals surface area contributed by atoms with Gasteiger partial charge in [-0.15, -0.1) is 0 Å². The van der Waals surface area contributed by atoms with Crippen LogP contribution < -0.4 is 5.32 Å². The second kappa shape index (κ2) is 7.35. The molecular weight excluding hydrogens is 206 g/mol. The van der Waals surface area contributed by atoms with E-state index >= 15 is 0 Å². The van der Waals surface area contributed by atoms with E-state index in [4.69, 9.17) is 0 Å². The van der Waals surface area contributed by atoms with Crippen LogP contribution in [0.15, 0.2) is 30.3 Å². The van der Waals surface area contributed by atoms with E-state index < -0.39 is 0 Å². The van der Waals surface area contributed by atoms with E-state index in [-0.39, 0.29) is 5.91 Å². The first-order valence-corrected chi connectivity index (χ1v) is 5.87. The van der Waals surface area contributed by atoms with Crippen molar-refractivity contribution in [2.24, 2.45) is 0 Å². The minimum absolute atomic E-state index is 0.125. The molecule has 3 heteroatoms. The maximum Gasteiger partial charge on any atom is 0.220 e. The Morgan fingerprint density at radius 2 is 2.00 bits per heavy atom. The first-order chi connectivity index (χ1) is 7.33. The average Bonchev–Trinajstić information content (AvgIpc) is 2.28. The number of hydrogen-bond donors (Lipinski definition) is 2. The van der Waals surface area contributed by atoms with Crippen molar-refractivity contribution in [3.05, 3.63) is 35.9 Å². The third kappa shape index (κ3) is 5.47. The smallest absolute Gasteiger partial charge is 0.220 e. The lowest BCUT2D eigenvalue weighted by molar-refractivity contribution is -0.121. The monoisotopic (exact) mass is 223 g/mol. The minimum Gasteiger partial charge on any atom is -0.356 e. The van der Waals surface area contributed by atoms with Gasteiger partial charge in [-0.25, -0.2) is 0 Å². The molecule has 82 valence electrons. The van der Waals surface area contributed by atoms with Crippen molar-refractivity contribution in [2.75, 3.05) is 12.3 Å². The van der Waals surface area contributed by atoms with Crippen molar-refractivity contribution in [1.82, 2.24) is 5.32 Å². The van der Waals surface area contributed by atoms with Crippen LogP contribution in [0.1, 0.15) is 18.4 Å². The summed E-state index contributed by atoms with van der Waals surface area (Å²) in [5.41, 5.74) is 1.26. The van der Waals surface area contributed by atoms with Crippen molar-refractivity contribution in [3.8, 4) is 0 Å². The Morgan fingerprint density at radius 3 is 2.67 bits per heavy atom. The lowest BCUT2D eigenvalue weighted by Gasteiger charge is -2.04. The van der Waals surface area contributed by atoms with Gasteiger partial charge in [0.25, 0.3) is 0 Å². The number of nitrogens with one attached hydrogen (secondary N) is 1. The van der Waals surface area contributed by atoms with Crippen LogP contribution in [0.2, 0.25) is 0 Å². The molecule has 1 aromatic rings. The maximum absolute atomic E-state index is 11.2. The van der Waals surface area contributed by atoms with Crippen LogP contribution in [0.25, 0.3) is 0 Å². The summed E-state index contributed by atoms with van der Waals surface area (Å²) in [6, 6.07) is 10.2. The Hall–Kier alpha value is -0.960. The summed E-state index contributed by atoms with van der Waals surface area (Å²) in [5.74, 6) is 0.895. The third-order valence-corrected chi connectivity index (χ3v) is 2.46. The summed E-state index contributed by atoms with van der Waals surface area (Å²) < 4.78 is 0. The number of carbonyl (C=O) groups excluding carboxylic acids is 1. The number of rotatable bonds is 6. The first-order valence-electron chi connectivity index (χ1n) is 5.24. The lowest BCUT2D eigenvalue weighted by atomic mass is 10.1. The average molecular weight is 223 g/mol. The van der Waals surface area contributed by atoms with Crippen LogP contribution in [0.5, 0.6) is 0 Å². The molecule has 1 N–H and O–H groups in total. The fourth-order valence-corrected chi connectivity index (χ4v) is 1.48. The highest BCUT2D eigenvalue weighted by atomic mass is 32.1. The van der Waals surface area contributed by atoms with Crippen molar-refractivity contribution >= 4 is 18.5 Å². The van der Waals surface area contributed by atoms with E-state index in [1.54, 1.807) is 0 Å². The number of hydrogen-bond acceptors (Lipinski definition) is 2. The van der Waals surface area contributed by atoms with Gasteiger partial charge in [0.15, 0.2) is 0 Å². The molecule has 1 rings (SSSR count). The van der Waals surface area contributed by atoms with Gasteiger partial charge in [0.1, 0.15) is 0 Å². The van der Waals surface area contributed by atoms with Gasteiger partial charge in [-0.05, 0) is 24.2 Å². The molecule has 0 aliphatic heterocycles. The van der Waals surface area contributed by atoms with Crippen LogP contribution in [-0.4, -0.2) is 18.2 Å². The number of benzene rings is 1. The summed E-state index contributed by atoms with van der Waals surface area (Å²) in [6.45, 7) is 0.718. The Labute approximate surface area is 96.5 Å². The molecule has 0 fully saturated rings.